The van der Waals surface area contributed by atoms with Crippen LogP contribution in [0.2, 0.25) is 0 Å². The Kier molecular flexibility index (Phi) is 6.39. The lowest BCUT2D eigenvalue weighted by atomic mass is 9.80. The van der Waals surface area contributed by atoms with Crippen LogP contribution in [-0.2, 0) is 11.3 Å². The molecular weight excluding hydrogens is 420 g/mol. The summed E-state index contributed by atoms with van der Waals surface area (Å²) < 4.78 is 5.93. The van der Waals surface area contributed by atoms with Crippen LogP contribution in [-0.4, -0.2) is 36.9 Å². The molecule has 3 rings (SSSR count). The molecule has 1 N–H and O–H groups in total. The number of ether oxygens (including phenoxy) is 1. The molecule has 0 radical (unpaired) electrons. The number of nitrogens with zero attached hydrogens (tertiary/aromatic N) is 1. The van der Waals surface area contributed by atoms with Crippen LogP contribution in [0, 0.1) is 5.41 Å². The highest BCUT2D eigenvalue weighted by Gasteiger charge is 2.39. The van der Waals surface area contributed by atoms with Crippen LogP contribution in [0.15, 0.2) is 53.0 Å². The zero-order chi connectivity index (χ0) is 20.1. The third-order valence-electron chi connectivity index (χ3n) is 5.25. The van der Waals surface area contributed by atoms with Gasteiger partial charge in [0.05, 0.1) is 18.1 Å². The van der Waals surface area contributed by atoms with E-state index in [0.717, 1.165) is 28.6 Å². The molecule has 148 valence electrons. The molecule has 1 heterocycles. The number of piperidine rings is 1. The van der Waals surface area contributed by atoms with Gasteiger partial charge in [-0.05, 0) is 65.5 Å². The second-order valence-corrected chi connectivity index (χ2v) is 8.26. The van der Waals surface area contributed by atoms with Gasteiger partial charge in [-0.3, -0.25) is 9.59 Å². The van der Waals surface area contributed by atoms with Gasteiger partial charge in [0.15, 0.2) is 0 Å². The molecule has 6 heteroatoms. The van der Waals surface area contributed by atoms with Crippen molar-refractivity contribution in [3.63, 3.8) is 0 Å². The summed E-state index contributed by atoms with van der Waals surface area (Å²) in [6.07, 6.45) is 1.57. The van der Waals surface area contributed by atoms with Crippen LogP contribution in [0.1, 0.15) is 35.7 Å². The highest BCUT2D eigenvalue weighted by atomic mass is 79.9. The first-order valence-electron chi connectivity index (χ1n) is 9.38. The molecule has 2 aromatic carbocycles. The maximum absolute atomic E-state index is 12.9. The highest BCUT2D eigenvalue weighted by Crippen LogP contribution is 2.31. The molecule has 0 aliphatic carbocycles. The predicted octanol–water partition coefficient (Wildman–Crippen LogP) is 4.02. The quantitative estimate of drug-likeness (QED) is 0.757. The first-order chi connectivity index (χ1) is 13.4. The molecule has 5 nitrogen and oxygen atoms in total. The van der Waals surface area contributed by atoms with Crippen LogP contribution < -0.4 is 10.1 Å². The second-order valence-electron chi connectivity index (χ2n) is 7.40. The van der Waals surface area contributed by atoms with Gasteiger partial charge in [0, 0.05) is 24.1 Å². The Balaban J connectivity index is 1.64. The van der Waals surface area contributed by atoms with Crippen molar-refractivity contribution >= 4 is 27.7 Å². The second kappa shape index (κ2) is 8.78. The molecule has 1 saturated heterocycles. The van der Waals surface area contributed by atoms with Gasteiger partial charge < -0.3 is 15.0 Å². The van der Waals surface area contributed by atoms with Gasteiger partial charge in [0.1, 0.15) is 5.75 Å². The molecule has 28 heavy (non-hydrogen) atoms. The molecule has 2 aromatic rings. The predicted molar refractivity (Wildman–Crippen MR) is 112 cm³/mol. The van der Waals surface area contributed by atoms with E-state index in [2.05, 4.69) is 21.2 Å². The van der Waals surface area contributed by atoms with E-state index < -0.39 is 5.41 Å². The zero-order valence-corrected chi connectivity index (χ0v) is 17.8. The Bertz CT molecular complexity index is 853. The molecule has 1 aliphatic heterocycles. The summed E-state index contributed by atoms with van der Waals surface area (Å²) in [4.78, 5) is 27.6. The van der Waals surface area contributed by atoms with E-state index in [0.29, 0.717) is 25.2 Å². The lowest BCUT2D eigenvalue weighted by Crippen LogP contribution is -2.51. The van der Waals surface area contributed by atoms with Crippen LogP contribution >= 0.6 is 15.9 Å². The molecule has 0 saturated carbocycles. The number of rotatable bonds is 5. The summed E-state index contributed by atoms with van der Waals surface area (Å²) in [5.41, 5.74) is 1.04. The molecule has 1 atom stereocenters. The monoisotopic (exact) mass is 444 g/mol. The topological polar surface area (TPSA) is 58.6 Å². The minimum absolute atomic E-state index is 0.0204. The summed E-state index contributed by atoms with van der Waals surface area (Å²) in [6.45, 7) is 3.48. The molecule has 1 aliphatic rings. The number of halogens is 1. The standard InChI is InChI=1S/C22H25BrN2O3/c1-22(21(27)24-14-16-8-10-17(28-2)11-9-16)12-5-13-25(15-22)20(26)18-6-3-4-7-19(18)23/h3-4,6-11H,5,12-15H2,1-2H3,(H,24,27). The van der Waals surface area contributed by atoms with Gasteiger partial charge in [-0.2, -0.15) is 0 Å². The number of methoxy groups -OCH3 is 1. The smallest absolute Gasteiger partial charge is 0.255 e. The SMILES string of the molecule is COc1ccc(CNC(=O)C2(C)CCCN(C(=O)c3ccccc3Br)C2)cc1. The minimum atomic E-state index is -0.596. The van der Waals surface area contributed by atoms with Crippen molar-refractivity contribution in [1.82, 2.24) is 10.2 Å². The molecular formula is C22H25BrN2O3. The molecule has 1 unspecified atom stereocenters. The molecule has 0 aromatic heterocycles. The number of carbonyl (C=O) groups excluding carboxylic acids is 2. The summed E-state index contributed by atoms with van der Waals surface area (Å²) in [5, 5.41) is 3.03. The summed E-state index contributed by atoms with van der Waals surface area (Å²) in [5.74, 6) is 0.727. The molecule has 0 bridgehead atoms. The Hall–Kier alpha value is -2.34. The largest absolute Gasteiger partial charge is 0.497 e. The fraction of sp³-hybridized carbons (Fsp3) is 0.364. The number of benzene rings is 2. The van der Waals surface area contributed by atoms with Gasteiger partial charge in [-0.1, -0.05) is 24.3 Å². The first-order valence-corrected chi connectivity index (χ1v) is 10.2. The Morgan fingerprint density at radius 3 is 2.57 bits per heavy atom. The van der Waals surface area contributed by atoms with Crippen LogP contribution in [0.3, 0.4) is 0 Å². The third-order valence-corrected chi connectivity index (χ3v) is 5.94. The van der Waals surface area contributed by atoms with Gasteiger partial charge in [-0.25, -0.2) is 0 Å². The van der Waals surface area contributed by atoms with Crippen molar-refractivity contribution in [1.29, 1.82) is 0 Å². The van der Waals surface area contributed by atoms with Crippen molar-refractivity contribution in [3.05, 3.63) is 64.1 Å². The van der Waals surface area contributed by atoms with Crippen molar-refractivity contribution in [2.75, 3.05) is 20.2 Å². The Labute approximate surface area is 174 Å². The van der Waals surface area contributed by atoms with E-state index in [1.54, 1.807) is 12.0 Å². The molecule has 2 amide bonds. The molecule has 1 fully saturated rings. The van der Waals surface area contributed by atoms with Gasteiger partial charge >= 0.3 is 0 Å². The number of hydrogen-bond donors (Lipinski definition) is 1. The van der Waals surface area contributed by atoms with Gasteiger partial charge in [0.2, 0.25) is 5.91 Å². The summed E-state index contributed by atoms with van der Waals surface area (Å²) in [6, 6.07) is 15.0. The van der Waals surface area contributed by atoms with Gasteiger partial charge in [0.25, 0.3) is 5.91 Å². The highest BCUT2D eigenvalue weighted by molar-refractivity contribution is 9.10. The van der Waals surface area contributed by atoms with E-state index >= 15 is 0 Å². The maximum atomic E-state index is 12.9. The fourth-order valence-corrected chi connectivity index (χ4v) is 4.00. The van der Waals surface area contributed by atoms with Crippen molar-refractivity contribution in [2.24, 2.45) is 5.41 Å². The normalized spacial score (nSPS) is 19.2. The van der Waals surface area contributed by atoms with Gasteiger partial charge in [-0.15, -0.1) is 0 Å². The van der Waals surface area contributed by atoms with E-state index in [-0.39, 0.29) is 11.8 Å². The van der Waals surface area contributed by atoms with Crippen LogP contribution in [0.25, 0.3) is 0 Å². The zero-order valence-electron chi connectivity index (χ0n) is 16.2. The number of likely N-dealkylation sites (tertiary alicyclic amines) is 1. The lowest BCUT2D eigenvalue weighted by Gasteiger charge is -2.39. The lowest BCUT2D eigenvalue weighted by molar-refractivity contribution is -0.132. The van der Waals surface area contributed by atoms with E-state index in [9.17, 15) is 9.59 Å². The first kappa shape index (κ1) is 20.4. The fourth-order valence-electron chi connectivity index (χ4n) is 3.54. The van der Waals surface area contributed by atoms with Crippen molar-refractivity contribution in [3.8, 4) is 5.75 Å². The summed E-state index contributed by atoms with van der Waals surface area (Å²) >= 11 is 3.45. The third kappa shape index (κ3) is 4.55. The number of carbonyl (C=O) groups is 2. The van der Waals surface area contributed by atoms with Crippen LogP contribution in [0.4, 0.5) is 0 Å². The average Bonchev–Trinajstić information content (AvgIpc) is 2.72. The maximum Gasteiger partial charge on any atom is 0.255 e. The minimum Gasteiger partial charge on any atom is -0.497 e. The van der Waals surface area contributed by atoms with E-state index in [4.69, 9.17) is 4.74 Å². The Morgan fingerprint density at radius 2 is 1.89 bits per heavy atom. The average molecular weight is 445 g/mol. The number of amides is 2. The van der Waals surface area contributed by atoms with E-state index in [1.165, 1.54) is 0 Å². The Morgan fingerprint density at radius 1 is 1.18 bits per heavy atom. The van der Waals surface area contributed by atoms with Crippen LogP contribution in [0.5, 0.6) is 5.75 Å². The summed E-state index contributed by atoms with van der Waals surface area (Å²) in [7, 11) is 1.63. The number of hydrogen-bond acceptors (Lipinski definition) is 3. The van der Waals surface area contributed by atoms with Crippen molar-refractivity contribution in [2.45, 2.75) is 26.3 Å². The van der Waals surface area contributed by atoms with E-state index in [1.807, 2.05) is 55.5 Å². The molecule has 0 spiro atoms. The number of nitrogens with one attached hydrogen (secondary N) is 1. The van der Waals surface area contributed by atoms with Crippen molar-refractivity contribution < 1.29 is 14.3 Å².